The van der Waals surface area contributed by atoms with E-state index in [1.165, 1.54) is 18.2 Å². The van der Waals surface area contributed by atoms with Crippen molar-refractivity contribution in [2.45, 2.75) is 13.0 Å². The lowest BCUT2D eigenvalue weighted by Crippen LogP contribution is -2.38. The summed E-state index contributed by atoms with van der Waals surface area (Å²) in [4.78, 5) is 21.6. The van der Waals surface area contributed by atoms with Crippen LogP contribution in [0.5, 0.6) is 5.75 Å². The van der Waals surface area contributed by atoms with Crippen LogP contribution in [0.2, 0.25) is 0 Å². The van der Waals surface area contributed by atoms with Crippen LogP contribution in [0.3, 0.4) is 0 Å². The van der Waals surface area contributed by atoms with Crippen LogP contribution in [0.25, 0.3) is 0 Å². The fraction of sp³-hybridized carbons (Fsp3) is 0.364. The van der Waals surface area contributed by atoms with E-state index < -0.39 is 17.0 Å². The third-order valence-electron chi connectivity index (χ3n) is 2.47. The Morgan fingerprint density at radius 3 is 3.11 bits per heavy atom. The number of carbonyl (C=O) groups is 1. The standard InChI is InChI=1S/C11H12N2O5/c1-2-17-11(14)10-6-12-8-5-7(13(15)16)3-4-9(8)18-10/h3-5,10,12H,2,6H2,1H3/t10-/m0/s1. The maximum Gasteiger partial charge on any atom is 0.349 e. The summed E-state index contributed by atoms with van der Waals surface area (Å²) in [5, 5.41) is 13.5. The molecule has 0 amide bonds. The molecule has 7 nitrogen and oxygen atoms in total. The van der Waals surface area contributed by atoms with Crippen LogP contribution in [-0.2, 0) is 9.53 Å². The highest BCUT2D eigenvalue weighted by atomic mass is 16.6. The van der Waals surface area contributed by atoms with Crippen molar-refractivity contribution in [1.82, 2.24) is 0 Å². The summed E-state index contributed by atoms with van der Waals surface area (Å²) in [6, 6.07) is 4.16. The van der Waals surface area contributed by atoms with Crippen molar-refractivity contribution in [3.63, 3.8) is 0 Å². The maximum atomic E-state index is 11.5. The number of non-ortho nitro benzene ring substituents is 1. The molecule has 1 heterocycles. The van der Waals surface area contributed by atoms with Crippen molar-refractivity contribution in [2.24, 2.45) is 0 Å². The Hall–Kier alpha value is -2.31. The van der Waals surface area contributed by atoms with Gasteiger partial charge in [-0.3, -0.25) is 10.1 Å². The van der Waals surface area contributed by atoms with Gasteiger partial charge in [-0.25, -0.2) is 4.79 Å². The van der Waals surface area contributed by atoms with Crippen molar-refractivity contribution >= 4 is 17.3 Å². The molecule has 0 unspecified atom stereocenters. The smallest absolute Gasteiger partial charge is 0.349 e. The van der Waals surface area contributed by atoms with Crippen LogP contribution in [0.4, 0.5) is 11.4 Å². The minimum Gasteiger partial charge on any atom is -0.475 e. The molecular weight excluding hydrogens is 240 g/mol. The van der Waals surface area contributed by atoms with E-state index in [0.29, 0.717) is 11.4 Å². The lowest BCUT2D eigenvalue weighted by Gasteiger charge is -2.25. The number of nitro groups is 1. The molecule has 1 aromatic rings. The molecule has 1 atom stereocenters. The van der Waals surface area contributed by atoms with Gasteiger partial charge >= 0.3 is 5.97 Å². The number of nitrogens with zero attached hydrogens (tertiary/aromatic N) is 1. The van der Waals surface area contributed by atoms with Gasteiger partial charge in [0, 0.05) is 12.1 Å². The molecule has 1 aliphatic heterocycles. The second-order valence-corrected chi connectivity index (χ2v) is 3.68. The summed E-state index contributed by atoms with van der Waals surface area (Å²) in [6.45, 7) is 2.23. The van der Waals surface area contributed by atoms with Gasteiger partial charge in [-0.15, -0.1) is 0 Å². The van der Waals surface area contributed by atoms with E-state index in [1.807, 2.05) is 0 Å². The Labute approximate surface area is 103 Å². The summed E-state index contributed by atoms with van der Waals surface area (Å²) in [7, 11) is 0. The Morgan fingerprint density at radius 1 is 1.67 bits per heavy atom. The average Bonchev–Trinajstić information content (AvgIpc) is 2.37. The highest BCUT2D eigenvalue weighted by Crippen LogP contribution is 2.32. The van der Waals surface area contributed by atoms with Gasteiger partial charge in [0.2, 0.25) is 6.10 Å². The number of hydrogen-bond donors (Lipinski definition) is 1. The minimum absolute atomic E-state index is 0.0283. The molecule has 0 bridgehead atoms. The Balaban J connectivity index is 2.16. The number of hydrogen-bond acceptors (Lipinski definition) is 6. The van der Waals surface area contributed by atoms with Gasteiger partial charge in [-0.1, -0.05) is 0 Å². The molecule has 7 heteroatoms. The van der Waals surface area contributed by atoms with Crippen LogP contribution >= 0.6 is 0 Å². The average molecular weight is 252 g/mol. The fourth-order valence-electron chi connectivity index (χ4n) is 1.64. The number of benzene rings is 1. The summed E-state index contributed by atoms with van der Waals surface area (Å²) < 4.78 is 10.3. The lowest BCUT2D eigenvalue weighted by molar-refractivity contribution is -0.384. The van der Waals surface area contributed by atoms with Gasteiger partial charge in [0.15, 0.2) is 0 Å². The van der Waals surface area contributed by atoms with E-state index in [0.717, 1.165) is 0 Å². The number of anilines is 1. The Morgan fingerprint density at radius 2 is 2.44 bits per heavy atom. The summed E-state index contributed by atoms with van der Waals surface area (Å²) in [5.74, 6) is -0.0427. The number of nitrogens with one attached hydrogen (secondary N) is 1. The van der Waals surface area contributed by atoms with Crippen molar-refractivity contribution in [3.05, 3.63) is 28.3 Å². The van der Waals surface area contributed by atoms with E-state index in [1.54, 1.807) is 6.92 Å². The highest BCUT2D eigenvalue weighted by molar-refractivity contribution is 5.78. The third kappa shape index (κ3) is 2.34. The second-order valence-electron chi connectivity index (χ2n) is 3.68. The number of carbonyl (C=O) groups excluding carboxylic acids is 1. The second kappa shape index (κ2) is 4.91. The molecule has 0 saturated heterocycles. The molecule has 0 fully saturated rings. The lowest BCUT2D eigenvalue weighted by atomic mass is 10.2. The normalized spacial score (nSPS) is 17.1. The van der Waals surface area contributed by atoms with Gasteiger partial charge in [-0.2, -0.15) is 0 Å². The van der Waals surface area contributed by atoms with Crippen LogP contribution in [0, 0.1) is 10.1 Å². The van der Waals surface area contributed by atoms with Crippen molar-refractivity contribution in [1.29, 1.82) is 0 Å². The van der Waals surface area contributed by atoms with E-state index >= 15 is 0 Å². The van der Waals surface area contributed by atoms with Gasteiger partial charge in [0.1, 0.15) is 5.75 Å². The van der Waals surface area contributed by atoms with Crippen LogP contribution < -0.4 is 10.1 Å². The third-order valence-corrected chi connectivity index (χ3v) is 2.47. The Bertz CT molecular complexity index is 488. The number of esters is 1. The molecule has 0 saturated carbocycles. The molecule has 0 radical (unpaired) electrons. The van der Waals surface area contributed by atoms with Crippen molar-refractivity contribution in [3.8, 4) is 5.75 Å². The monoisotopic (exact) mass is 252 g/mol. The first kappa shape index (κ1) is 12.2. The van der Waals surface area contributed by atoms with Crippen LogP contribution in [-0.4, -0.2) is 30.1 Å². The molecule has 2 rings (SSSR count). The number of fused-ring (bicyclic) bond motifs is 1. The zero-order valence-electron chi connectivity index (χ0n) is 9.71. The predicted molar refractivity (Wildman–Crippen MR) is 62.6 cm³/mol. The first-order valence-corrected chi connectivity index (χ1v) is 5.47. The SMILES string of the molecule is CCOC(=O)[C@@H]1CNc2cc([N+](=O)[O-])ccc2O1. The summed E-state index contributed by atoms with van der Waals surface area (Å²) >= 11 is 0. The Kier molecular flexibility index (Phi) is 3.31. The number of rotatable bonds is 3. The van der Waals surface area contributed by atoms with Crippen LogP contribution in [0.1, 0.15) is 6.92 Å². The maximum absolute atomic E-state index is 11.5. The molecule has 1 aliphatic rings. The molecule has 18 heavy (non-hydrogen) atoms. The molecular formula is C11H12N2O5. The zero-order valence-corrected chi connectivity index (χ0v) is 9.71. The van der Waals surface area contributed by atoms with Crippen molar-refractivity contribution in [2.75, 3.05) is 18.5 Å². The molecule has 1 aromatic carbocycles. The van der Waals surface area contributed by atoms with Gasteiger partial charge in [0.25, 0.3) is 5.69 Å². The molecule has 1 N–H and O–H groups in total. The van der Waals surface area contributed by atoms with Crippen LogP contribution in [0.15, 0.2) is 18.2 Å². The number of nitro benzene ring substituents is 1. The molecule has 0 spiro atoms. The predicted octanol–water partition coefficient (Wildman–Crippen LogP) is 1.33. The number of ether oxygens (including phenoxy) is 2. The first-order valence-electron chi connectivity index (χ1n) is 5.47. The van der Waals surface area contributed by atoms with E-state index in [-0.39, 0.29) is 18.8 Å². The van der Waals surface area contributed by atoms with E-state index in [4.69, 9.17) is 9.47 Å². The van der Waals surface area contributed by atoms with E-state index in [9.17, 15) is 14.9 Å². The topological polar surface area (TPSA) is 90.7 Å². The van der Waals surface area contributed by atoms with E-state index in [2.05, 4.69) is 5.32 Å². The largest absolute Gasteiger partial charge is 0.475 e. The summed E-state index contributed by atoms with van der Waals surface area (Å²) in [6.07, 6.45) is -0.723. The zero-order chi connectivity index (χ0) is 13.1. The van der Waals surface area contributed by atoms with Gasteiger partial charge in [-0.05, 0) is 13.0 Å². The molecule has 96 valence electrons. The summed E-state index contributed by atoms with van der Waals surface area (Å²) in [5.41, 5.74) is 0.476. The fourth-order valence-corrected chi connectivity index (χ4v) is 1.64. The quantitative estimate of drug-likeness (QED) is 0.495. The first-order chi connectivity index (χ1) is 8.61. The molecule has 0 aromatic heterocycles. The van der Waals surface area contributed by atoms with Gasteiger partial charge in [0.05, 0.1) is 23.8 Å². The van der Waals surface area contributed by atoms with Gasteiger partial charge < -0.3 is 14.8 Å². The highest BCUT2D eigenvalue weighted by Gasteiger charge is 2.27. The van der Waals surface area contributed by atoms with Crippen molar-refractivity contribution < 1.29 is 19.2 Å². The molecule has 0 aliphatic carbocycles. The minimum atomic E-state index is -0.723.